The van der Waals surface area contributed by atoms with E-state index in [9.17, 15) is 0 Å². The second-order valence-corrected chi connectivity index (χ2v) is 5.28. The maximum atomic E-state index is 5.99. The summed E-state index contributed by atoms with van der Waals surface area (Å²) in [6, 6.07) is 10.2. The predicted octanol–water partition coefficient (Wildman–Crippen LogP) is 2.12. The van der Waals surface area contributed by atoms with Crippen molar-refractivity contribution in [3.63, 3.8) is 0 Å². The number of hydrogen-bond donors (Lipinski definition) is 0. The van der Waals surface area contributed by atoms with Gasteiger partial charge >= 0.3 is 0 Å². The van der Waals surface area contributed by atoms with Crippen LogP contribution in [0.1, 0.15) is 18.9 Å². The van der Waals surface area contributed by atoms with Gasteiger partial charge in [-0.2, -0.15) is 0 Å². The minimum atomic E-state index is -0.605. The molecule has 104 valence electrons. The van der Waals surface area contributed by atoms with Crippen molar-refractivity contribution in [2.24, 2.45) is 0 Å². The van der Waals surface area contributed by atoms with E-state index in [1.165, 1.54) is 5.56 Å². The summed E-state index contributed by atoms with van der Waals surface area (Å²) in [4.78, 5) is 0. The Morgan fingerprint density at radius 2 is 2.11 bits per heavy atom. The molecule has 2 aliphatic heterocycles. The fraction of sp³-hybridized carbons (Fsp3) is 0.600. The average molecular weight is 264 g/mol. The van der Waals surface area contributed by atoms with E-state index in [2.05, 4.69) is 12.1 Å². The molecule has 1 unspecified atom stereocenters. The number of benzene rings is 1. The summed E-state index contributed by atoms with van der Waals surface area (Å²) >= 11 is 0. The normalized spacial score (nSPS) is 37.5. The summed E-state index contributed by atoms with van der Waals surface area (Å²) in [6.45, 7) is 3.11. The molecule has 1 aromatic carbocycles. The highest BCUT2D eigenvalue weighted by Crippen LogP contribution is 2.39. The molecule has 2 saturated heterocycles. The number of rotatable bonds is 4. The van der Waals surface area contributed by atoms with Gasteiger partial charge in [-0.3, -0.25) is 0 Å². The monoisotopic (exact) mass is 264 g/mol. The third-order valence-corrected chi connectivity index (χ3v) is 3.96. The molecule has 0 radical (unpaired) electrons. The maximum Gasteiger partial charge on any atom is 0.192 e. The fourth-order valence-electron chi connectivity index (χ4n) is 2.81. The first-order chi connectivity index (χ1) is 9.21. The number of ether oxygens (including phenoxy) is 4. The van der Waals surface area contributed by atoms with Gasteiger partial charge in [-0.1, -0.05) is 30.3 Å². The third kappa shape index (κ3) is 2.54. The van der Waals surface area contributed by atoms with Crippen LogP contribution in [0.3, 0.4) is 0 Å². The Morgan fingerprint density at radius 1 is 1.32 bits per heavy atom. The van der Waals surface area contributed by atoms with E-state index in [0.29, 0.717) is 13.2 Å². The van der Waals surface area contributed by atoms with E-state index in [4.69, 9.17) is 18.9 Å². The van der Waals surface area contributed by atoms with E-state index < -0.39 is 5.79 Å². The molecule has 2 aliphatic rings. The van der Waals surface area contributed by atoms with Gasteiger partial charge < -0.3 is 18.9 Å². The smallest absolute Gasteiger partial charge is 0.192 e. The highest BCUT2D eigenvalue weighted by atomic mass is 16.8. The number of methoxy groups -OCH3 is 1. The second-order valence-electron chi connectivity index (χ2n) is 5.28. The van der Waals surface area contributed by atoms with Gasteiger partial charge in [0.05, 0.1) is 19.3 Å². The molecule has 4 atom stereocenters. The van der Waals surface area contributed by atoms with E-state index in [1.54, 1.807) is 7.11 Å². The summed E-state index contributed by atoms with van der Waals surface area (Å²) in [5.74, 6) is -0.605. The summed E-state index contributed by atoms with van der Waals surface area (Å²) in [7, 11) is 1.69. The quantitative estimate of drug-likeness (QED) is 0.834. The first-order valence-electron chi connectivity index (χ1n) is 6.71. The summed E-state index contributed by atoms with van der Waals surface area (Å²) in [6.07, 6.45) is 0.776. The van der Waals surface area contributed by atoms with Gasteiger partial charge in [0.2, 0.25) is 0 Å². The first-order valence-corrected chi connectivity index (χ1v) is 6.71. The van der Waals surface area contributed by atoms with Crippen LogP contribution in [0.4, 0.5) is 0 Å². The van der Waals surface area contributed by atoms with Gasteiger partial charge in [0.25, 0.3) is 0 Å². The Bertz CT molecular complexity index is 421. The average Bonchev–Trinajstić information content (AvgIpc) is 2.78. The largest absolute Gasteiger partial charge is 0.376 e. The summed E-state index contributed by atoms with van der Waals surface area (Å²) in [5.41, 5.74) is 1.17. The molecular weight excluding hydrogens is 244 g/mol. The minimum absolute atomic E-state index is 0.0140. The van der Waals surface area contributed by atoms with Crippen molar-refractivity contribution in [1.29, 1.82) is 0 Å². The fourth-order valence-corrected chi connectivity index (χ4v) is 2.81. The zero-order valence-corrected chi connectivity index (χ0v) is 11.4. The van der Waals surface area contributed by atoms with Crippen LogP contribution in [-0.4, -0.2) is 37.8 Å². The Balaban J connectivity index is 1.63. The van der Waals surface area contributed by atoms with E-state index in [-0.39, 0.29) is 18.3 Å². The zero-order chi connectivity index (χ0) is 13.3. The lowest BCUT2D eigenvalue weighted by Crippen LogP contribution is -2.51. The zero-order valence-electron chi connectivity index (χ0n) is 11.4. The van der Waals surface area contributed by atoms with Crippen molar-refractivity contribution >= 4 is 0 Å². The Labute approximate surface area is 113 Å². The molecule has 4 heteroatoms. The van der Waals surface area contributed by atoms with Crippen LogP contribution in [0.2, 0.25) is 0 Å². The molecule has 2 bridgehead atoms. The first kappa shape index (κ1) is 13.1. The third-order valence-electron chi connectivity index (χ3n) is 3.96. The topological polar surface area (TPSA) is 36.9 Å². The molecule has 0 aromatic heterocycles. The van der Waals surface area contributed by atoms with E-state index in [0.717, 1.165) is 6.42 Å². The highest BCUT2D eigenvalue weighted by molar-refractivity contribution is 5.13. The van der Waals surface area contributed by atoms with Crippen molar-refractivity contribution in [1.82, 2.24) is 0 Å². The maximum absolute atomic E-state index is 5.99. The highest BCUT2D eigenvalue weighted by Gasteiger charge is 2.53. The van der Waals surface area contributed by atoms with Crippen LogP contribution in [0.5, 0.6) is 0 Å². The van der Waals surface area contributed by atoms with Crippen molar-refractivity contribution in [3.05, 3.63) is 35.9 Å². The lowest BCUT2D eigenvalue weighted by atomic mass is 9.99. The lowest BCUT2D eigenvalue weighted by molar-refractivity contribution is -0.264. The van der Waals surface area contributed by atoms with Crippen molar-refractivity contribution < 1.29 is 18.9 Å². The van der Waals surface area contributed by atoms with Crippen molar-refractivity contribution in [2.45, 2.75) is 44.1 Å². The summed E-state index contributed by atoms with van der Waals surface area (Å²) < 4.78 is 23.1. The Kier molecular flexibility index (Phi) is 3.58. The molecule has 0 aliphatic carbocycles. The molecule has 0 saturated carbocycles. The molecule has 0 amide bonds. The summed E-state index contributed by atoms with van der Waals surface area (Å²) in [5, 5.41) is 0. The molecule has 1 aromatic rings. The van der Waals surface area contributed by atoms with Gasteiger partial charge in [-0.05, 0) is 12.5 Å². The van der Waals surface area contributed by atoms with Crippen LogP contribution < -0.4 is 0 Å². The Hall–Kier alpha value is -0.940. The van der Waals surface area contributed by atoms with Crippen LogP contribution in [-0.2, 0) is 25.6 Å². The minimum Gasteiger partial charge on any atom is -0.376 e. The van der Waals surface area contributed by atoms with Crippen LogP contribution in [0.15, 0.2) is 30.3 Å². The molecule has 2 heterocycles. The van der Waals surface area contributed by atoms with Gasteiger partial charge in [-0.25, -0.2) is 0 Å². The molecule has 3 rings (SSSR count). The number of fused-ring (bicyclic) bond motifs is 2. The molecule has 19 heavy (non-hydrogen) atoms. The predicted molar refractivity (Wildman–Crippen MR) is 69.7 cm³/mol. The molecule has 0 spiro atoms. The molecule has 2 fully saturated rings. The van der Waals surface area contributed by atoms with Crippen LogP contribution in [0, 0.1) is 0 Å². The SMILES string of the molecule is CO[C@@H]1C[C@H](OCc2ccccc2)[C@H]2COC1(C)O2. The lowest BCUT2D eigenvalue weighted by Gasteiger charge is -2.39. The molecule has 0 N–H and O–H groups in total. The molecular formula is C15H20O4. The van der Waals surface area contributed by atoms with Gasteiger partial charge in [0.1, 0.15) is 12.2 Å². The van der Waals surface area contributed by atoms with Crippen molar-refractivity contribution in [3.8, 4) is 0 Å². The van der Waals surface area contributed by atoms with Crippen LogP contribution >= 0.6 is 0 Å². The molecule has 4 nitrogen and oxygen atoms in total. The van der Waals surface area contributed by atoms with E-state index in [1.807, 2.05) is 25.1 Å². The number of hydrogen-bond acceptors (Lipinski definition) is 4. The Morgan fingerprint density at radius 3 is 2.84 bits per heavy atom. The van der Waals surface area contributed by atoms with Crippen molar-refractivity contribution in [2.75, 3.05) is 13.7 Å². The second kappa shape index (κ2) is 5.21. The van der Waals surface area contributed by atoms with Gasteiger partial charge in [0.15, 0.2) is 5.79 Å². The standard InChI is InChI=1S/C15H20O4/c1-15-14(16-2)8-12(13(19-15)10-18-15)17-9-11-6-4-3-5-7-11/h3-7,12-14H,8-10H2,1-2H3/t12-,13+,14+,15?/m0/s1. The van der Waals surface area contributed by atoms with Gasteiger partial charge in [0, 0.05) is 13.5 Å². The van der Waals surface area contributed by atoms with Gasteiger partial charge in [-0.15, -0.1) is 0 Å². The van der Waals surface area contributed by atoms with E-state index >= 15 is 0 Å². The van der Waals surface area contributed by atoms with Crippen LogP contribution in [0.25, 0.3) is 0 Å².